The molecule has 1 aliphatic rings. The molecule has 0 bridgehead atoms. The SMILES string of the molecule is NC1=CN(c2cccc(Cl)c2F)ON1O. The third kappa shape index (κ3) is 1.70. The number of nitrogens with zero attached hydrogens (tertiary/aromatic N) is 2. The summed E-state index contributed by atoms with van der Waals surface area (Å²) in [6, 6.07) is 4.39. The number of hydrogen-bond acceptors (Lipinski definition) is 5. The van der Waals surface area contributed by atoms with E-state index in [0.717, 1.165) is 5.06 Å². The number of benzene rings is 1. The van der Waals surface area contributed by atoms with Crippen molar-refractivity contribution in [1.82, 2.24) is 5.23 Å². The molecule has 1 aromatic rings. The Morgan fingerprint density at radius 1 is 1.47 bits per heavy atom. The fourth-order valence-electron chi connectivity index (χ4n) is 1.10. The van der Waals surface area contributed by atoms with E-state index in [9.17, 15) is 4.39 Å². The van der Waals surface area contributed by atoms with Gasteiger partial charge >= 0.3 is 0 Å². The van der Waals surface area contributed by atoms with Gasteiger partial charge in [0.2, 0.25) is 0 Å². The van der Waals surface area contributed by atoms with E-state index in [4.69, 9.17) is 27.5 Å². The molecule has 0 saturated heterocycles. The average molecular weight is 232 g/mol. The minimum Gasteiger partial charge on any atom is -0.380 e. The number of anilines is 1. The molecule has 0 radical (unpaired) electrons. The quantitative estimate of drug-likeness (QED) is 0.769. The first-order valence-corrected chi connectivity index (χ1v) is 4.35. The van der Waals surface area contributed by atoms with Crippen molar-refractivity contribution >= 4 is 17.3 Å². The van der Waals surface area contributed by atoms with Crippen molar-refractivity contribution in [3.63, 3.8) is 0 Å². The van der Waals surface area contributed by atoms with E-state index in [1.165, 1.54) is 18.3 Å². The zero-order valence-corrected chi connectivity index (χ0v) is 8.15. The van der Waals surface area contributed by atoms with Crippen molar-refractivity contribution in [2.75, 3.05) is 5.06 Å². The monoisotopic (exact) mass is 231 g/mol. The Kier molecular flexibility index (Phi) is 2.39. The van der Waals surface area contributed by atoms with E-state index in [1.54, 1.807) is 6.07 Å². The van der Waals surface area contributed by atoms with Crippen molar-refractivity contribution in [2.45, 2.75) is 0 Å². The second-order valence-electron chi connectivity index (χ2n) is 2.81. The van der Waals surface area contributed by atoms with Crippen LogP contribution in [-0.4, -0.2) is 10.4 Å². The molecule has 0 aliphatic carbocycles. The van der Waals surface area contributed by atoms with E-state index < -0.39 is 5.82 Å². The maximum atomic E-state index is 13.5. The van der Waals surface area contributed by atoms with E-state index >= 15 is 0 Å². The highest BCUT2D eigenvalue weighted by atomic mass is 35.5. The smallest absolute Gasteiger partial charge is 0.176 e. The van der Waals surface area contributed by atoms with Crippen molar-refractivity contribution < 1.29 is 14.5 Å². The zero-order chi connectivity index (χ0) is 11.0. The molecule has 7 heteroatoms. The van der Waals surface area contributed by atoms with Crippen molar-refractivity contribution in [2.24, 2.45) is 5.73 Å². The number of nitrogens with two attached hydrogens (primary N) is 1. The van der Waals surface area contributed by atoms with Gasteiger partial charge < -0.3 is 5.73 Å². The molecule has 0 amide bonds. The van der Waals surface area contributed by atoms with Gasteiger partial charge in [-0.25, -0.2) is 4.39 Å². The van der Waals surface area contributed by atoms with Crippen LogP contribution in [0.1, 0.15) is 0 Å². The van der Waals surface area contributed by atoms with E-state index in [-0.39, 0.29) is 16.5 Å². The lowest BCUT2D eigenvalue weighted by Crippen LogP contribution is -2.23. The molecule has 1 aliphatic heterocycles. The Bertz CT molecular complexity index is 426. The molecule has 0 spiro atoms. The number of halogens is 2. The summed E-state index contributed by atoms with van der Waals surface area (Å²) in [6.07, 6.45) is 1.22. The summed E-state index contributed by atoms with van der Waals surface area (Å²) in [5.74, 6) is -0.715. The Morgan fingerprint density at radius 3 is 2.80 bits per heavy atom. The predicted octanol–water partition coefficient (Wildman–Crippen LogP) is 1.59. The summed E-state index contributed by atoms with van der Waals surface area (Å²) in [5, 5.41) is 10.3. The van der Waals surface area contributed by atoms with Gasteiger partial charge in [-0.2, -0.15) is 5.06 Å². The molecule has 0 aromatic heterocycles. The number of hydroxylamine groups is 3. The van der Waals surface area contributed by atoms with Gasteiger partial charge in [-0.05, 0) is 12.1 Å². The van der Waals surface area contributed by atoms with Crippen LogP contribution in [0.2, 0.25) is 5.02 Å². The molecular weight excluding hydrogens is 225 g/mol. The van der Waals surface area contributed by atoms with Gasteiger partial charge in [0.05, 0.1) is 11.2 Å². The predicted molar refractivity (Wildman–Crippen MR) is 50.9 cm³/mol. The summed E-state index contributed by atoms with van der Waals surface area (Å²) in [7, 11) is 0. The fourth-order valence-corrected chi connectivity index (χ4v) is 1.27. The summed E-state index contributed by atoms with van der Waals surface area (Å²) in [5.41, 5.74) is 5.37. The lowest BCUT2D eigenvalue weighted by molar-refractivity contribution is -0.304. The Hall–Kier alpha value is -1.50. The minimum absolute atomic E-state index is 0.0422. The molecule has 15 heavy (non-hydrogen) atoms. The highest BCUT2D eigenvalue weighted by Crippen LogP contribution is 2.28. The minimum atomic E-state index is -0.654. The molecule has 1 heterocycles. The van der Waals surface area contributed by atoms with Crippen LogP contribution in [0.4, 0.5) is 10.1 Å². The molecule has 2 rings (SSSR count). The normalized spacial score (nSPS) is 15.8. The number of hydrogen-bond donors (Lipinski definition) is 2. The molecule has 5 nitrogen and oxygen atoms in total. The lowest BCUT2D eigenvalue weighted by atomic mass is 10.3. The second kappa shape index (κ2) is 3.58. The molecule has 0 saturated carbocycles. The van der Waals surface area contributed by atoms with Crippen LogP contribution < -0.4 is 10.8 Å². The molecule has 3 N–H and O–H groups in total. The van der Waals surface area contributed by atoms with Crippen LogP contribution >= 0.6 is 11.6 Å². The maximum absolute atomic E-state index is 13.5. The maximum Gasteiger partial charge on any atom is 0.176 e. The third-order valence-electron chi connectivity index (χ3n) is 1.80. The van der Waals surface area contributed by atoms with Crippen LogP contribution in [0.5, 0.6) is 0 Å². The standard InChI is InChI=1S/C8H7ClFN3O2/c9-5-2-1-3-6(8(5)10)12-4-7(11)13(14)15-12/h1-4,14H,11H2. The van der Waals surface area contributed by atoms with Crippen molar-refractivity contribution in [1.29, 1.82) is 0 Å². The Balaban J connectivity index is 2.36. The summed E-state index contributed by atoms with van der Waals surface area (Å²) < 4.78 is 13.5. The highest BCUT2D eigenvalue weighted by molar-refractivity contribution is 6.31. The van der Waals surface area contributed by atoms with Gasteiger partial charge in [0, 0.05) is 0 Å². The van der Waals surface area contributed by atoms with Crippen LogP contribution in [0.3, 0.4) is 0 Å². The molecule has 1 aromatic carbocycles. The lowest BCUT2D eigenvalue weighted by Gasteiger charge is -2.15. The van der Waals surface area contributed by atoms with Crippen LogP contribution in [0.15, 0.2) is 30.2 Å². The zero-order valence-electron chi connectivity index (χ0n) is 7.39. The first kappa shape index (κ1) is 10.0. The van der Waals surface area contributed by atoms with Gasteiger partial charge in [0.1, 0.15) is 5.69 Å². The van der Waals surface area contributed by atoms with E-state index in [2.05, 4.69) is 0 Å². The molecule has 80 valence electrons. The topological polar surface area (TPSA) is 62.0 Å². The van der Waals surface area contributed by atoms with Gasteiger partial charge in [0.25, 0.3) is 0 Å². The Labute approximate surface area is 89.6 Å². The number of rotatable bonds is 1. The summed E-state index contributed by atoms with van der Waals surface area (Å²) in [4.78, 5) is 4.70. The van der Waals surface area contributed by atoms with Crippen molar-refractivity contribution in [3.8, 4) is 0 Å². The second-order valence-corrected chi connectivity index (χ2v) is 3.21. The van der Waals surface area contributed by atoms with Gasteiger partial charge in [-0.1, -0.05) is 22.9 Å². The van der Waals surface area contributed by atoms with Crippen molar-refractivity contribution in [3.05, 3.63) is 41.1 Å². The summed E-state index contributed by atoms with van der Waals surface area (Å²) >= 11 is 5.58. The van der Waals surface area contributed by atoms with E-state index in [0.29, 0.717) is 5.23 Å². The summed E-state index contributed by atoms with van der Waals surface area (Å²) in [6.45, 7) is 0. The highest BCUT2D eigenvalue weighted by Gasteiger charge is 2.23. The largest absolute Gasteiger partial charge is 0.380 e. The molecule has 0 fully saturated rings. The Morgan fingerprint density at radius 2 is 2.20 bits per heavy atom. The molecule has 0 unspecified atom stereocenters. The van der Waals surface area contributed by atoms with Crippen LogP contribution in [0.25, 0.3) is 0 Å². The van der Waals surface area contributed by atoms with E-state index in [1.807, 2.05) is 0 Å². The van der Waals surface area contributed by atoms with Gasteiger partial charge in [0.15, 0.2) is 11.6 Å². The van der Waals surface area contributed by atoms with Crippen LogP contribution in [0, 0.1) is 5.82 Å². The van der Waals surface area contributed by atoms with Gasteiger partial charge in [-0.3, -0.25) is 5.21 Å². The molecular formula is C8H7ClFN3O2. The first-order chi connectivity index (χ1) is 7.09. The third-order valence-corrected chi connectivity index (χ3v) is 2.10. The fraction of sp³-hybridized carbons (Fsp3) is 0. The molecule has 0 atom stereocenters. The first-order valence-electron chi connectivity index (χ1n) is 3.97. The average Bonchev–Trinajstić information content (AvgIpc) is 2.51. The van der Waals surface area contributed by atoms with Crippen LogP contribution in [-0.2, 0) is 4.94 Å². The van der Waals surface area contributed by atoms with Gasteiger partial charge in [-0.15, -0.1) is 4.94 Å².